The van der Waals surface area contributed by atoms with Crippen molar-refractivity contribution in [3.05, 3.63) is 29.8 Å². The number of carbonyl (C=O) groups excluding carboxylic acids is 2. The second-order valence-corrected chi connectivity index (χ2v) is 4.20. The van der Waals surface area contributed by atoms with E-state index >= 15 is 0 Å². The Kier molecular flexibility index (Phi) is 3.82. The third-order valence-corrected chi connectivity index (χ3v) is 2.99. The van der Waals surface area contributed by atoms with Gasteiger partial charge in [0.1, 0.15) is 11.7 Å². The number of hydrogen-bond donors (Lipinski definition) is 2. The number of nitrogens with one attached hydrogen (secondary N) is 2. The van der Waals surface area contributed by atoms with Gasteiger partial charge in [-0.3, -0.25) is 9.59 Å². The number of ether oxygens (including phenoxy) is 1. The van der Waals surface area contributed by atoms with Crippen LogP contribution in [0.15, 0.2) is 24.3 Å². The lowest BCUT2D eigenvalue weighted by Crippen LogP contribution is -2.34. The Hall–Kier alpha value is -2.04. The van der Waals surface area contributed by atoms with Gasteiger partial charge in [-0.05, 0) is 24.1 Å². The minimum Gasteiger partial charge on any atom is -0.497 e. The summed E-state index contributed by atoms with van der Waals surface area (Å²) in [5.74, 6) is -0.147. The summed E-state index contributed by atoms with van der Waals surface area (Å²) < 4.78 is 5.05. The standard InChI is InChI=1S/C13H16N2O3/c1-18-10-4-2-9(3-5-10)8-15-13(17)11-6-7-14-12(11)16/h2-5,11H,6-8H2,1H3,(H,14,16)(H,15,17)/t11-/m1/s1. The molecule has 1 aliphatic rings. The van der Waals surface area contributed by atoms with Crippen LogP contribution in [0.3, 0.4) is 0 Å². The maximum absolute atomic E-state index is 11.8. The topological polar surface area (TPSA) is 67.4 Å². The summed E-state index contributed by atoms with van der Waals surface area (Å²) in [7, 11) is 1.61. The minimum absolute atomic E-state index is 0.178. The summed E-state index contributed by atoms with van der Waals surface area (Å²) in [4.78, 5) is 23.1. The SMILES string of the molecule is COc1ccc(CNC(=O)[C@@H]2CCNC2=O)cc1. The molecule has 0 saturated carbocycles. The summed E-state index contributed by atoms with van der Waals surface area (Å²) >= 11 is 0. The van der Waals surface area contributed by atoms with Crippen LogP contribution in [0.1, 0.15) is 12.0 Å². The summed E-state index contributed by atoms with van der Waals surface area (Å²) in [5.41, 5.74) is 0.975. The molecule has 1 heterocycles. The van der Waals surface area contributed by atoms with E-state index in [-0.39, 0.29) is 11.8 Å². The molecule has 5 heteroatoms. The van der Waals surface area contributed by atoms with Gasteiger partial charge in [0.2, 0.25) is 11.8 Å². The highest BCUT2D eigenvalue weighted by molar-refractivity contribution is 6.01. The van der Waals surface area contributed by atoms with E-state index < -0.39 is 5.92 Å². The fourth-order valence-corrected chi connectivity index (χ4v) is 1.90. The first-order chi connectivity index (χ1) is 8.70. The Labute approximate surface area is 106 Å². The van der Waals surface area contributed by atoms with Gasteiger partial charge in [0.05, 0.1) is 7.11 Å². The van der Waals surface area contributed by atoms with E-state index in [1.807, 2.05) is 24.3 Å². The third-order valence-electron chi connectivity index (χ3n) is 2.99. The molecule has 1 aliphatic heterocycles. The zero-order chi connectivity index (χ0) is 13.0. The van der Waals surface area contributed by atoms with Gasteiger partial charge in [0.15, 0.2) is 0 Å². The molecule has 0 radical (unpaired) electrons. The number of hydrogen-bond acceptors (Lipinski definition) is 3. The molecule has 18 heavy (non-hydrogen) atoms. The van der Waals surface area contributed by atoms with E-state index in [1.165, 1.54) is 0 Å². The van der Waals surface area contributed by atoms with E-state index in [2.05, 4.69) is 10.6 Å². The Balaban J connectivity index is 1.86. The zero-order valence-electron chi connectivity index (χ0n) is 10.2. The molecule has 0 aliphatic carbocycles. The quantitative estimate of drug-likeness (QED) is 0.760. The van der Waals surface area contributed by atoms with Gasteiger partial charge in [-0.25, -0.2) is 0 Å². The van der Waals surface area contributed by atoms with Crippen molar-refractivity contribution in [3.63, 3.8) is 0 Å². The van der Waals surface area contributed by atoms with Crippen LogP contribution in [-0.4, -0.2) is 25.5 Å². The molecule has 1 atom stereocenters. The molecular weight excluding hydrogens is 232 g/mol. The molecule has 0 spiro atoms. The lowest BCUT2D eigenvalue weighted by Gasteiger charge is -2.09. The largest absolute Gasteiger partial charge is 0.497 e. The van der Waals surface area contributed by atoms with Crippen molar-refractivity contribution in [2.45, 2.75) is 13.0 Å². The van der Waals surface area contributed by atoms with Crippen LogP contribution in [0, 0.1) is 5.92 Å². The van der Waals surface area contributed by atoms with Crippen LogP contribution in [0.5, 0.6) is 5.75 Å². The van der Waals surface area contributed by atoms with Crippen LogP contribution < -0.4 is 15.4 Å². The summed E-state index contributed by atoms with van der Waals surface area (Å²) in [6.45, 7) is 1.01. The molecule has 1 fully saturated rings. The zero-order valence-corrected chi connectivity index (χ0v) is 10.2. The van der Waals surface area contributed by atoms with Gasteiger partial charge >= 0.3 is 0 Å². The molecule has 1 aromatic rings. The lowest BCUT2D eigenvalue weighted by atomic mass is 10.1. The fourth-order valence-electron chi connectivity index (χ4n) is 1.90. The Morgan fingerprint density at radius 1 is 1.44 bits per heavy atom. The average molecular weight is 248 g/mol. The van der Waals surface area contributed by atoms with Gasteiger partial charge in [-0.2, -0.15) is 0 Å². The van der Waals surface area contributed by atoms with Gasteiger partial charge in [0, 0.05) is 13.1 Å². The van der Waals surface area contributed by atoms with Crippen molar-refractivity contribution >= 4 is 11.8 Å². The first-order valence-corrected chi connectivity index (χ1v) is 5.89. The van der Waals surface area contributed by atoms with Crippen LogP contribution in [0.4, 0.5) is 0 Å². The Morgan fingerprint density at radius 3 is 2.72 bits per heavy atom. The molecule has 0 bridgehead atoms. The highest BCUT2D eigenvalue weighted by Crippen LogP contribution is 2.12. The van der Waals surface area contributed by atoms with E-state index in [1.54, 1.807) is 7.11 Å². The number of rotatable bonds is 4. The summed E-state index contributed by atoms with van der Waals surface area (Å²) in [6, 6.07) is 7.44. The van der Waals surface area contributed by atoms with Gasteiger partial charge < -0.3 is 15.4 Å². The second-order valence-electron chi connectivity index (χ2n) is 4.20. The van der Waals surface area contributed by atoms with Gasteiger partial charge in [-0.1, -0.05) is 12.1 Å². The van der Waals surface area contributed by atoms with Crippen molar-refractivity contribution < 1.29 is 14.3 Å². The maximum Gasteiger partial charge on any atom is 0.232 e. The molecule has 1 aromatic carbocycles. The lowest BCUT2D eigenvalue weighted by molar-refractivity contribution is -0.133. The van der Waals surface area contributed by atoms with E-state index in [9.17, 15) is 9.59 Å². The van der Waals surface area contributed by atoms with E-state index in [4.69, 9.17) is 4.74 Å². The van der Waals surface area contributed by atoms with Crippen LogP contribution in [0.25, 0.3) is 0 Å². The molecular formula is C13H16N2O3. The summed E-state index contributed by atoms with van der Waals surface area (Å²) in [5, 5.41) is 5.42. The first-order valence-electron chi connectivity index (χ1n) is 5.89. The molecule has 96 valence electrons. The fraction of sp³-hybridized carbons (Fsp3) is 0.385. The Morgan fingerprint density at radius 2 is 2.17 bits per heavy atom. The van der Waals surface area contributed by atoms with Gasteiger partial charge in [0.25, 0.3) is 0 Å². The van der Waals surface area contributed by atoms with Crippen molar-refractivity contribution in [1.29, 1.82) is 0 Å². The van der Waals surface area contributed by atoms with Crippen LogP contribution in [0.2, 0.25) is 0 Å². The van der Waals surface area contributed by atoms with E-state index in [0.29, 0.717) is 19.5 Å². The average Bonchev–Trinajstić information content (AvgIpc) is 2.83. The minimum atomic E-state index is -0.539. The number of carbonyl (C=O) groups is 2. The predicted octanol–water partition coefficient (Wildman–Crippen LogP) is 0.447. The Bertz CT molecular complexity index is 442. The normalized spacial score (nSPS) is 18.3. The smallest absolute Gasteiger partial charge is 0.232 e. The maximum atomic E-state index is 11.8. The molecule has 2 rings (SSSR count). The second kappa shape index (κ2) is 5.53. The van der Waals surface area contributed by atoms with Crippen molar-refractivity contribution in [2.75, 3.05) is 13.7 Å². The van der Waals surface area contributed by atoms with Gasteiger partial charge in [-0.15, -0.1) is 0 Å². The molecule has 1 saturated heterocycles. The number of benzene rings is 1. The molecule has 0 unspecified atom stereocenters. The first kappa shape index (κ1) is 12.4. The molecule has 2 amide bonds. The highest BCUT2D eigenvalue weighted by Gasteiger charge is 2.30. The number of amides is 2. The van der Waals surface area contributed by atoms with E-state index in [0.717, 1.165) is 11.3 Å². The van der Waals surface area contributed by atoms with Crippen LogP contribution in [-0.2, 0) is 16.1 Å². The van der Waals surface area contributed by atoms with Crippen molar-refractivity contribution in [2.24, 2.45) is 5.92 Å². The molecule has 0 aromatic heterocycles. The predicted molar refractivity (Wildman–Crippen MR) is 66.0 cm³/mol. The molecule has 5 nitrogen and oxygen atoms in total. The monoisotopic (exact) mass is 248 g/mol. The number of methoxy groups -OCH3 is 1. The summed E-state index contributed by atoms with van der Waals surface area (Å²) in [6.07, 6.45) is 0.577. The molecule has 2 N–H and O–H groups in total. The third kappa shape index (κ3) is 2.80. The van der Waals surface area contributed by atoms with Crippen molar-refractivity contribution in [1.82, 2.24) is 10.6 Å². The van der Waals surface area contributed by atoms with Crippen molar-refractivity contribution in [3.8, 4) is 5.75 Å². The highest BCUT2D eigenvalue weighted by atomic mass is 16.5. The van der Waals surface area contributed by atoms with Crippen LogP contribution >= 0.6 is 0 Å².